The van der Waals surface area contributed by atoms with Gasteiger partial charge >= 0.3 is 5.95 Å². The SMILES string of the molecule is CC(=O)C(C)(C)NCC(F)(F)CNC(C)(C)C(=O)CCn1ccnc1[N+](=O)[O-]. The molecule has 0 unspecified atom stereocenters. The van der Waals surface area contributed by atoms with Crippen molar-refractivity contribution in [3.63, 3.8) is 0 Å². The first kappa shape index (κ1) is 23.8. The van der Waals surface area contributed by atoms with Crippen LogP contribution in [0.4, 0.5) is 14.7 Å². The first-order valence-electron chi connectivity index (χ1n) is 8.76. The van der Waals surface area contributed by atoms with Gasteiger partial charge in [0, 0.05) is 6.42 Å². The minimum absolute atomic E-state index is 0.0189. The zero-order valence-electron chi connectivity index (χ0n) is 16.7. The second-order valence-corrected chi connectivity index (χ2v) is 7.72. The fourth-order valence-corrected chi connectivity index (χ4v) is 2.17. The van der Waals surface area contributed by atoms with Crippen LogP contribution >= 0.6 is 0 Å². The molecule has 1 rings (SSSR count). The summed E-state index contributed by atoms with van der Waals surface area (Å²) in [5, 5.41) is 15.9. The quantitative estimate of drug-likeness (QED) is 0.403. The molecular formula is C17H27F2N5O4. The largest absolute Gasteiger partial charge is 0.434 e. The van der Waals surface area contributed by atoms with Crippen molar-refractivity contribution in [1.82, 2.24) is 20.2 Å². The Kier molecular flexibility index (Phi) is 7.49. The van der Waals surface area contributed by atoms with Crippen LogP contribution in [0.15, 0.2) is 12.4 Å². The van der Waals surface area contributed by atoms with Crippen LogP contribution in [-0.4, -0.2) is 56.1 Å². The van der Waals surface area contributed by atoms with Gasteiger partial charge in [-0.3, -0.25) is 20.2 Å². The third-order valence-corrected chi connectivity index (χ3v) is 4.59. The molecule has 0 atom stereocenters. The van der Waals surface area contributed by atoms with Crippen LogP contribution in [-0.2, 0) is 16.1 Å². The highest BCUT2D eigenvalue weighted by atomic mass is 19.3. The Morgan fingerprint density at radius 1 is 1.18 bits per heavy atom. The molecule has 11 heteroatoms. The van der Waals surface area contributed by atoms with Crippen molar-refractivity contribution in [3.8, 4) is 0 Å². The number of ketones is 2. The van der Waals surface area contributed by atoms with E-state index in [0.29, 0.717) is 0 Å². The van der Waals surface area contributed by atoms with Gasteiger partial charge in [-0.25, -0.2) is 13.3 Å². The summed E-state index contributed by atoms with van der Waals surface area (Å²) in [5.41, 5.74) is -2.33. The van der Waals surface area contributed by atoms with Crippen LogP contribution in [0.3, 0.4) is 0 Å². The molecule has 158 valence electrons. The van der Waals surface area contributed by atoms with Gasteiger partial charge < -0.3 is 10.1 Å². The van der Waals surface area contributed by atoms with Crippen LogP contribution in [0.1, 0.15) is 41.0 Å². The Bertz CT molecular complexity index is 731. The van der Waals surface area contributed by atoms with Crippen molar-refractivity contribution in [2.24, 2.45) is 0 Å². The van der Waals surface area contributed by atoms with E-state index in [2.05, 4.69) is 15.6 Å². The van der Waals surface area contributed by atoms with Gasteiger partial charge in [-0.05, 0) is 39.5 Å². The van der Waals surface area contributed by atoms with Crippen LogP contribution in [0.5, 0.6) is 0 Å². The Balaban J connectivity index is 2.59. The van der Waals surface area contributed by atoms with Crippen LogP contribution in [0.2, 0.25) is 0 Å². The highest BCUT2D eigenvalue weighted by molar-refractivity contribution is 5.87. The summed E-state index contributed by atoms with van der Waals surface area (Å²) in [4.78, 5) is 37.5. The molecule has 28 heavy (non-hydrogen) atoms. The lowest BCUT2D eigenvalue weighted by molar-refractivity contribution is -0.396. The van der Waals surface area contributed by atoms with Crippen molar-refractivity contribution in [1.29, 1.82) is 0 Å². The second kappa shape index (κ2) is 8.82. The second-order valence-electron chi connectivity index (χ2n) is 7.72. The number of rotatable bonds is 12. The lowest BCUT2D eigenvalue weighted by atomic mass is 9.96. The van der Waals surface area contributed by atoms with Crippen LogP contribution < -0.4 is 10.6 Å². The molecule has 1 aromatic rings. The molecule has 0 saturated heterocycles. The van der Waals surface area contributed by atoms with Gasteiger partial charge in [0.05, 0.1) is 30.7 Å². The Hall–Kier alpha value is -2.27. The summed E-state index contributed by atoms with van der Waals surface area (Å²) in [6.45, 7) is 5.82. The van der Waals surface area contributed by atoms with Crippen LogP contribution in [0, 0.1) is 10.1 Å². The minimum Gasteiger partial charge on any atom is -0.390 e. The fraction of sp³-hybridized carbons (Fsp3) is 0.706. The van der Waals surface area contributed by atoms with E-state index in [-0.39, 0.29) is 30.5 Å². The maximum absolute atomic E-state index is 14.1. The molecule has 0 aliphatic rings. The van der Waals surface area contributed by atoms with E-state index >= 15 is 0 Å². The number of halogens is 2. The summed E-state index contributed by atoms with van der Waals surface area (Å²) >= 11 is 0. The molecule has 0 aliphatic heterocycles. The third kappa shape index (κ3) is 6.71. The molecule has 1 aromatic heterocycles. The first-order valence-corrected chi connectivity index (χ1v) is 8.76. The number of nitrogens with one attached hydrogen (secondary N) is 2. The molecule has 0 saturated carbocycles. The summed E-state index contributed by atoms with van der Waals surface area (Å²) in [7, 11) is 0. The highest BCUT2D eigenvalue weighted by Crippen LogP contribution is 2.17. The van der Waals surface area contributed by atoms with Crippen LogP contribution in [0.25, 0.3) is 0 Å². The van der Waals surface area contributed by atoms with Gasteiger partial charge in [0.2, 0.25) is 0 Å². The molecule has 0 aromatic carbocycles. The fourth-order valence-electron chi connectivity index (χ4n) is 2.17. The number of aromatic nitrogens is 2. The van der Waals surface area contributed by atoms with Crippen molar-refractivity contribution in [2.75, 3.05) is 13.1 Å². The van der Waals surface area contributed by atoms with E-state index in [0.717, 1.165) is 0 Å². The Labute approximate surface area is 162 Å². The highest BCUT2D eigenvalue weighted by Gasteiger charge is 2.36. The van der Waals surface area contributed by atoms with Crippen molar-refractivity contribution >= 4 is 17.5 Å². The van der Waals surface area contributed by atoms with E-state index in [1.165, 1.54) is 51.6 Å². The van der Waals surface area contributed by atoms with Gasteiger partial charge in [0.15, 0.2) is 5.78 Å². The van der Waals surface area contributed by atoms with Crippen molar-refractivity contribution in [2.45, 2.75) is 64.6 Å². The first-order chi connectivity index (χ1) is 12.7. The van der Waals surface area contributed by atoms with Gasteiger partial charge in [-0.15, -0.1) is 0 Å². The monoisotopic (exact) mass is 403 g/mol. The molecule has 0 spiro atoms. The molecule has 0 radical (unpaired) electrons. The van der Waals surface area contributed by atoms with E-state index < -0.39 is 35.0 Å². The summed E-state index contributed by atoms with van der Waals surface area (Å²) < 4.78 is 29.5. The topological polar surface area (TPSA) is 119 Å². The number of imidazole rings is 1. The zero-order valence-corrected chi connectivity index (χ0v) is 16.7. The summed E-state index contributed by atoms with van der Waals surface area (Å²) in [6, 6.07) is 0. The summed E-state index contributed by atoms with van der Waals surface area (Å²) in [6.07, 6.45) is 2.54. The number of nitrogens with zero attached hydrogens (tertiary/aromatic N) is 3. The predicted molar refractivity (Wildman–Crippen MR) is 98.3 cm³/mol. The van der Waals surface area contributed by atoms with E-state index in [4.69, 9.17) is 0 Å². The van der Waals surface area contributed by atoms with E-state index in [1.807, 2.05) is 0 Å². The summed E-state index contributed by atoms with van der Waals surface area (Å²) in [5.74, 6) is -4.21. The number of hydrogen-bond donors (Lipinski definition) is 2. The van der Waals surface area contributed by atoms with E-state index in [1.54, 1.807) is 0 Å². The Morgan fingerprint density at radius 2 is 1.71 bits per heavy atom. The number of Topliss-reactive ketones (excluding diaryl/α,β-unsaturated/α-hetero) is 2. The lowest BCUT2D eigenvalue weighted by Gasteiger charge is -2.30. The average Bonchev–Trinajstić information content (AvgIpc) is 3.05. The molecule has 1 heterocycles. The number of carbonyl (C=O) groups excluding carboxylic acids is 2. The van der Waals surface area contributed by atoms with Gasteiger partial charge in [0.25, 0.3) is 5.92 Å². The maximum atomic E-state index is 14.1. The normalized spacial score (nSPS) is 12.8. The smallest absolute Gasteiger partial charge is 0.390 e. The van der Waals surface area contributed by atoms with E-state index in [9.17, 15) is 28.5 Å². The molecule has 9 nitrogen and oxygen atoms in total. The Morgan fingerprint density at radius 3 is 2.21 bits per heavy atom. The third-order valence-electron chi connectivity index (χ3n) is 4.59. The number of nitro groups is 1. The standard InChI is InChI=1S/C17H27F2N5O4/c1-12(25)15(2,3)21-10-17(18,19)11-22-16(4,5)13(26)6-8-23-9-7-20-14(23)24(27)28/h7,9,21-22H,6,8,10-11H2,1-5H3. The van der Waals surface area contributed by atoms with Crippen molar-refractivity contribution in [3.05, 3.63) is 22.5 Å². The number of carbonyl (C=O) groups is 2. The molecule has 0 bridgehead atoms. The predicted octanol–water partition coefficient (Wildman–Crippen LogP) is 1.71. The molecular weight excluding hydrogens is 376 g/mol. The van der Waals surface area contributed by atoms with Gasteiger partial charge in [0.1, 0.15) is 18.2 Å². The lowest BCUT2D eigenvalue weighted by Crippen LogP contribution is -2.56. The van der Waals surface area contributed by atoms with Gasteiger partial charge in [-0.1, -0.05) is 4.98 Å². The maximum Gasteiger partial charge on any atom is 0.434 e. The molecule has 0 aliphatic carbocycles. The number of alkyl halides is 2. The van der Waals surface area contributed by atoms with Crippen molar-refractivity contribution < 1.29 is 23.3 Å². The average molecular weight is 403 g/mol. The molecule has 0 fully saturated rings. The molecule has 2 N–H and O–H groups in total. The number of aryl methyl sites for hydroxylation is 1. The number of hydrogen-bond acceptors (Lipinski definition) is 7. The van der Waals surface area contributed by atoms with Gasteiger partial charge in [-0.2, -0.15) is 0 Å². The molecule has 0 amide bonds. The minimum atomic E-state index is -3.19. The zero-order chi connectivity index (χ0) is 21.8.